The van der Waals surface area contributed by atoms with Crippen LogP contribution in [0.15, 0.2) is 18.2 Å². The van der Waals surface area contributed by atoms with Crippen molar-refractivity contribution in [1.29, 1.82) is 0 Å². The third-order valence-electron chi connectivity index (χ3n) is 3.64. The molecule has 0 unspecified atom stereocenters. The van der Waals surface area contributed by atoms with Gasteiger partial charge in [-0.05, 0) is 38.0 Å². The van der Waals surface area contributed by atoms with E-state index in [1.54, 1.807) is 12.1 Å². The highest BCUT2D eigenvalue weighted by atomic mass is 35.5. The molecule has 1 aromatic heterocycles. The molecule has 104 valence electrons. The Hall–Kier alpha value is -0.960. The van der Waals surface area contributed by atoms with Gasteiger partial charge in [0.1, 0.15) is 0 Å². The number of fused-ring (bicyclic) bond motifs is 1. The number of aromatic nitrogens is 1. The normalized spacial score (nSPS) is 14.5. The molecule has 0 N–H and O–H groups in total. The Bertz CT molecular complexity index is 718. The van der Waals surface area contributed by atoms with Crippen LogP contribution in [0.25, 0.3) is 5.69 Å². The molecule has 1 aliphatic carbocycles. The number of carbonyl (C=O) groups excluding carboxylic acids is 1. The summed E-state index contributed by atoms with van der Waals surface area (Å²) in [6.45, 7) is 1.96. The maximum absolute atomic E-state index is 12.0. The number of rotatable bonds is 1. The molecule has 0 fully saturated rings. The minimum atomic E-state index is 0.198. The van der Waals surface area contributed by atoms with E-state index in [0.29, 0.717) is 21.5 Å². The van der Waals surface area contributed by atoms with Crippen LogP contribution < -0.4 is 0 Å². The Balaban J connectivity index is 2.26. The first-order valence-electron chi connectivity index (χ1n) is 6.38. The fourth-order valence-corrected chi connectivity index (χ4v) is 3.37. The molecule has 3 rings (SSSR count). The van der Waals surface area contributed by atoms with E-state index < -0.39 is 0 Å². The molecule has 0 saturated heterocycles. The third kappa shape index (κ3) is 2.16. The molecule has 0 bridgehead atoms. The van der Waals surface area contributed by atoms with Crippen LogP contribution in [-0.2, 0) is 6.42 Å². The van der Waals surface area contributed by atoms with E-state index in [1.807, 2.05) is 17.6 Å². The van der Waals surface area contributed by atoms with Crippen LogP contribution in [0.4, 0.5) is 0 Å². The molecule has 5 heteroatoms. The second kappa shape index (κ2) is 5.10. The molecule has 0 atom stereocenters. The fraction of sp³-hybridized carbons (Fsp3) is 0.267. The molecule has 0 spiro atoms. The number of carbonyl (C=O) groups is 1. The van der Waals surface area contributed by atoms with E-state index in [0.717, 1.165) is 35.5 Å². The highest BCUT2D eigenvalue weighted by Gasteiger charge is 2.24. The van der Waals surface area contributed by atoms with E-state index in [2.05, 4.69) is 0 Å². The summed E-state index contributed by atoms with van der Waals surface area (Å²) in [6, 6.07) is 5.31. The van der Waals surface area contributed by atoms with Gasteiger partial charge in [0.15, 0.2) is 5.78 Å². The molecular formula is C15H12Cl3NO. The number of aryl methyl sites for hydroxylation is 1. The van der Waals surface area contributed by atoms with Crippen LogP contribution in [0, 0.1) is 6.92 Å². The van der Waals surface area contributed by atoms with Crippen molar-refractivity contribution in [2.24, 2.45) is 0 Å². The second-order valence-electron chi connectivity index (χ2n) is 4.98. The number of benzene rings is 1. The van der Waals surface area contributed by atoms with Gasteiger partial charge in [0.05, 0.1) is 20.8 Å². The van der Waals surface area contributed by atoms with Gasteiger partial charge in [0, 0.05) is 23.4 Å². The number of hydrogen-bond donors (Lipinski definition) is 0. The van der Waals surface area contributed by atoms with Gasteiger partial charge in [-0.1, -0.05) is 34.8 Å². The maximum atomic E-state index is 12.0. The van der Waals surface area contributed by atoms with Crippen LogP contribution in [0.2, 0.25) is 15.1 Å². The van der Waals surface area contributed by atoms with Crippen LogP contribution in [-0.4, -0.2) is 10.4 Å². The zero-order valence-electron chi connectivity index (χ0n) is 10.8. The molecular weight excluding hydrogens is 317 g/mol. The third-order valence-corrected chi connectivity index (χ3v) is 4.66. The van der Waals surface area contributed by atoms with Gasteiger partial charge >= 0.3 is 0 Å². The average molecular weight is 329 g/mol. The fourth-order valence-electron chi connectivity index (χ4n) is 2.75. The van der Waals surface area contributed by atoms with Gasteiger partial charge < -0.3 is 4.57 Å². The van der Waals surface area contributed by atoms with Crippen LogP contribution >= 0.6 is 34.8 Å². The zero-order chi connectivity index (χ0) is 14.4. The number of hydrogen-bond acceptors (Lipinski definition) is 1. The first-order valence-corrected chi connectivity index (χ1v) is 7.51. The van der Waals surface area contributed by atoms with Crippen molar-refractivity contribution in [2.45, 2.75) is 26.2 Å². The quantitative estimate of drug-likeness (QED) is 0.654. The lowest BCUT2D eigenvalue weighted by Gasteiger charge is -2.17. The van der Waals surface area contributed by atoms with Crippen LogP contribution in [0.5, 0.6) is 0 Å². The largest absolute Gasteiger partial charge is 0.316 e. The monoisotopic (exact) mass is 327 g/mol. The summed E-state index contributed by atoms with van der Waals surface area (Å²) in [5, 5.41) is 1.41. The molecule has 1 aliphatic rings. The number of ketones is 1. The predicted molar refractivity (Wildman–Crippen MR) is 82.8 cm³/mol. The first-order chi connectivity index (χ1) is 9.49. The van der Waals surface area contributed by atoms with Crippen molar-refractivity contribution in [3.05, 3.63) is 50.2 Å². The Morgan fingerprint density at radius 1 is 1.00 bits per heavy atom. The van der Waals surface area contributed by atoms with E-state index >= 15 is 0 Å². The predicted octanol–water partition coefficient (Wildman–Crippen LogP) is 5.26. The van der Waals surface area contributed by atoms with Crippen molar-refractivity contribution in [3.63, 3.8) is 0 Å². The Morgan fingerprint density at radius 2 is 1.70 bits per heavy atom. The summed E-state index contributed by atoms with van der Waals surface area (Å²) < 4.78 is 2.01. The molecule has 2 aromatic rings. The van der Waals surface area contributed by atoms with Crippen molar-refractivity contribution in [3.8, 4) is 5.69 Å². The number of nitrogens with zero attached hydrogens (tertiary/aromatic N) is 1. The summed E-state index contributed by atoms with van der Waals surface area (Å²) >= 11 is 18.4. The van der Waals surface area contributed by atoms with E-state index in [1.165, 1.54) is 0 Å². The van der Waals surface area contributed by atoms with E-state index in [9.17, 15) is 4.79 Å². The van der Waals surface area contributed by atoms with Crippen LogP contribution in [0.1, 0.15) is 34.6 Å². The van der Waals surface area contributed by atoms with Crippen LogP contribution in [0.3, 0.4) is 0 Å². The lowest BCUT2D eigenvalue weighted by atomic mass is 9.96. The highest BCUT2D eigenvalue weighted by molar-refractivity contribution is 6.43. The SMILES string of the molecule is Cc1cc2c(n1-c1cc(Cl)c(Cl)cc1Cl)CCCC2=O. The molecule has 0 radical (unpaired) electrons. The highest BCUT2D eigenvalue weighted by Crippen LogP contribution is 2.35. The zero-order valence-corrected chi connectivity index (χ0v) is 13.1. The molecule has 2 nitrogen and oxygen atoms in total. The minimum Gasteiger partial charge on any atom is -0.316 e. The molecule has 1 heterocycles. The second-order valence-corrected chi connectivity index (χ2v) is 6.20. The Kier molecular flexibility index (Phi) is 3.57. The summed E-state index contributed by atoms with van der Waals surface area (Å²) in [6.07, 6.45) is 2.35. The standard InChI is InChI=1S/C15H12Cl3NO/c1-8-5-9-13(3-2-4-15(9)20)19(8)14-7-11(17)10(16)6-12(14)18/h5-7H,2-4H2,1H3. The van der Waals surface area contributed by atoms with E-state index in [-0.39, 0.29) is 5.78 Å². The van der Waals surface area contributed by atoms with Gasteiger partial charge in [-0.25, -0.2) is 0 Å². The van der Waals surface area contributed by atoms with Gasteiger partial charge in [-0.15, -0.1) is 0 Å². The molecule has 0 aliphatic heterocycles. The molecule has 20 heavy (non-hydrogen) atoms. The van der Waals surface area contributed by atoms with Crippen molar-refractivity contribution in [2.75, 3.05) is 0 Å². The van der Waals surface area contributed by atoms with E-state index in [4.69, 9.17) is 34.8 Å². The summed E-state index contributed by atoms with van der Waals surface area (Å²) in [4.78, 5) is 12.0. The van der Waals surface area contributed by atoms with Crippen molar-refractivity contribution < 1.29 is 4.79 Å². The molecule has 1 aromatic carbocycles. The van der Waals surface area contributed by atoms with Crippen molar-refractivity contribution in [1.82, 2.24) is 4.57 Å². The summed E-state index contributed by atoms with van der Waals surface area (Å²) in [7, 11) is 0. The maximum Gasteiger partial charge on any atom is 0.164 e. The van der Waals surface area contributed by atoms with Gasteiger partial charge in [-0.2, -0.15) is 0 Å². The lowest BCUT2D eigenvalue weighted by Crippen LogP contribution is -2.13. The van der Waals surface area contributed by atoms with Gasteiger partial charge in [0.25, 0.3) is 0 Å². The smallest absolute Gasteiger partial charge is 0.164 e. The Labute approximate surface area is 132 Å². The summed E-state index contributed by atoms with van der Waals surface area (Å²) in [5.41, 5.74) is 3.56. The number of halogens is 3. The first kappa shape index (κ1) is 14.0. The Morgan fingerprint density at radius 3 is 2.45 bits per heavy atom. The van der Waals surface area contributed by atoms with Crippen molar-refractivity contribution >= 4 is 40.6 Å². The number of Topliss-reactive ketones (excluding diaryl/α,β-unsaturated/α-hetero) is 1. The minimum absolute atomic E-state index is 0.198. The molecule has 0 saturated carbocycles. The average Bonchev–Trinajstić information content (AvgIpc) is 2.72. The lowest BCUT2D eigenvalue weighted by molar-refractivity contribution is 0.0972. The van der Waals surface area contributed by atoms with Gasteiger partial charge in [-0.3, -0.25) is 4.79 Å². The topological polar surface area (TPSA) is 22.0 Å². The van der Waals surface area contributed by atoms with Gasteiger partial charge in [0.2, 0.25) is 0 Å². The summed E-state index contributed by atoms with van der Waals surface area (Å²) in [5.74, 6) is 0.198. The molecule has 0 amide bonds.